The van der Waals surface area contributed by atoms with Crippen LogP contribution in [0.4, 0.5) is 5.69 Å². The van der Waals surface area contributed by atoms with Gasteiger partial charge in [0.15, 0.2) is 5.69 Å². The Kier molecular flexibility index (Phi) is 3.48. The van der Waals surface area contributed by atoms with Crippen molar-refractivity contribution in [2.45, 2.75) is 0 Å². The summed E-state index contributed by atoms with van der Waals surface area (Å²) in [6.07, 6.45) is 1.56. The third-order valence-electron chi connectivity index (χ3n) is 2.45. The highest BCUT2D eigenvalue weighted by molar-refractivity contribution is 6.30. The number of anilines is 1. The Balaban J connectivity index is 2.43. The van der Waals surface area contributed by atoms with Crippen molar-refractivity contribution in [1.82, 2.24) is 4.98 Å². The number of rotatable bonds is 2. The summed E-state index contributed by atoms with van der Waals surface area (Å²) in [6.45, 7) is 0. The Bertz CT molecular complexity index is 599. The van der Waals surface area contributed by atoms with Crippen LogP contribution in [0.15, 0.2) is 36.5 Å². The van der Waals surface area contributed by atoms with E-state index in [1.54, 1.807) is 24.4 Å². The normalized spacial score (nSPS) is 10.1. The van der Waals surface area contributed by atoms with Crippen LogP contribution >= 0.6 is 11.6 Å². The smallest absolute Gasteiger partial charge is 0.358 e. The van der Waals surface area contributed by atoms with Gasteiger partial charge in [-0.25, -0.2) is 9.78 Å². The molecule has 0 aliphatic rings. The van der Waals surface area contributed by atoms with Crippen LogP contribution in [0.3, 0.4) is 0 Å². The Labute approximate surface area is 109 Å². The molecule has 0 saturated carbocycles. The monoisotopic (exact) mass is 262 g/mol. The van der Waals surface area contributed by atoms with E-state index in [4.69, 9.17) is 17.3 Å². The van der Waals surface area contributed by atoms with E-state index in [0.717, 1.165) is 11.1 Å². The molecule has 0 saturated heterocycles. The van der Waals surface area contributed by atoms with Crippen molar-refractivity contribution >= 4 is 23.3 Å². The molecule has 0 aliphatic carbocycles. The number of methoxy groups -OCH3 is 1. The first-order chi connectivity index (χ1) is 8.61. The number of halogens is 1. The van der Waals surface area contributed by atoms with Gasteiger partial charge < -0.3 is 10.5 Å². The molecule has 1 aromatic heterocycles. The fraction of sp³-hybridized carbons (Fsp3) is 0.0769. The van der Waals surface area contributed by atoms with Crippen LogP contribution in [0.2, 0.25) is 5.02 Å². The lowest BCUT2D eigenvalue weighted by atomic mass is 10.1. The second-order valence-corrected chi connectivity index (χ2v) is 4.10. The van der Waals surface area contributed by atoms with Crippen LogP contribution in [-0.2, 0) is 4.74 Å². The van der Waals surface area contributed by atoms with Crippen LogP contribution in [0.25, 0.3) is 11.1 Å². The van der Waals surface area contributed by atoms with Crippen LogP contribution in [0, 0.1) is 0 Å². The number of nitrogens with two attached hydrogens (primary N) is 1. The number of carbonyl (C=O) groups excluding carboxylic acids is 1. The van der Waals surface area contributed by atoms with Gasteiger partial charge in [0.25, 0.3) is 0 Å². The summed E-state index contributed by atoms with van der Waals surface area (Å²) in [5.74, 6) is -0.551. The number of benzene rings is 1. The van der Waals surface area contributed by atoms with Gasteiger partial charge in [-0.1, -0.05) is 23.7 Å². The minimum Gasteiger partial charge on any atom is -0.464 e. The number of nitrogen functional groups attached to an aromatic ring is 1. The first kappa shape index (κ1) is 12.4. The predicted octanol–water partition coefficient (Wildman–Crippen LogP) is 2.77. The molecule has 2 aromatic rings. The first-order valence-electron chi connectivity index (χ1n) is 5.21. The van der Waals surface area contributed by atoms with Crippen molar-refractivity contribution in [2.24, 2.45) is 0 Å². The highest BCUT2D eigenvalue weighted by Crippen LogP contribution is 2.24. The number of esters is 1. The molecule has 0 unspecified atom stereocenters. The van der Waals surface area contributed by atoms with Crippen molar-refractivity contribution in [3.8, 4) is 11.1 Å². The van der Waals surface area contributed by atoms with Gasteiger partial charge in [0.2, 0.25) is 0 Å². The molecule has 0 aliphatic heterocycles. The fourth-order valence-electron chi connectivity index (χ4n) is 1.57. The summed E-state index contributed by atoms with van der Waals surface area (Å²) >= 11 is 5.91. The number of nitrogens with zero attached hydrogens (tertiary/aromatic N) is 1. The number of hydrogen-bond donors (Lipinski definition) is 1. The molecular weight excluding hydrogens is 252 g/mol. The van der Waals surface area contributed by atoms with Gasteiger partial charge in [-0.15, -0.1) is 0 Å². The van der Waals surface area contributed by atoms with E-state index in [0.29, 0.717) is 5.02 Å². The predicted molar refractivity (Wildman–Crippen MR) is 70.4 cm³/mol. The number of carbonyl (C=O) groups is 1. The maximum absolute atomic E-state index is 11.4. The lowest BCUT2D eigenvalue weighted by molar-refractivity contribution is 0.0595. The molecule has 2 rings (SSSR count). The van der Waals surface area contributed by atoms with Crippen LogP contribution < -0.4 is 5.73 Å². The number of ether oxygens (including phenoxy) is 1. The van der Waals surface area contributed by atoms with Gasteiger partial charge in [0.1, 0.15) is 0 Å². The summed E-state index contributed by atoms with van der Waals surface area (Å²) in [6, 6.07) is 8.98. The van der Waals surface area contributed by atoms with E-state index in [-0.39, 0.29) is 11.4 Å². The van der Waals surface area contributed by atoms with Gasteiger partial charge in [-0.3, -0.25) is 0 Å². The second-order valence-electron chi connectivity index (χ2n) is 3.66. The van der Waals surface area contributed by atoms with E-state index >= 15 is 0 Å². The van der Waals surface area contributed by atoms with Crippen molar-refractivity contribution in [1.29, 1.82) is 0 Å². The topological polar surface area (TPSA) is 65.2 Å². The molecule has 0 bridgehead atoms. The Morgan fingerprint density at radius 3 is 2.72 bits per heavy atom. The van der Waals surface area contributed by atoms with Crippen molar-refractivity contribution in [2.75, 3.05) is 12.8 Å². The van der Waals surface area contributed by atoms with E-state index in [1.165, 1.54) is 7.11 Å². The van der Waals surface area contributed by atoms with Crippen LogP contribution in [-0.4, -0.2) is 18.1 Å². The molecule has 1 aromatic carbocycles. The highest BCUT2D eigenvalue weighted by Gasteiger charge is 2.12. The zero-order valence-electron chi connectivity index (χ0n) is 9.68. The lowest BCUT2D eigenvalue weighted by Crippen LogP contribution is -2.08. The minimum atomic E-state index is -0.551. The maximum Gasteiger partial charge on any atom is 0.358 e. The van der Waals surface area contributed by atoms with Crippen LogP contribution in [0.5, 0.6) is 0 Å². The third kappa shape index (κ3) is 2.43. The number of hydrogen-bond acceptors (Lipinski definition) is 4. The van der Waals surface area contributed by atoms with Crippen molar-refractivity contribution in [3.63, 3.8) is 0 Å². The second kappa shape index (κ2) is 5.06. The number of pyridine rings is 1. The molecule has 0 atom stereocenters. The van der Waals surface area contributed by atoms with E-state index in [2.05, 4.69) is 9.72 Å². The summed E-state index contributed by atoms with van der Waals surface area (Å²) in [5.41, 5.74) is 7.85. The minimum absolute atomic E-state index is 0.114. The first-order valence-corrected chi connectivity index (χ1v) is 5.59. The molecule has 5 heteroatoms. The molecule has 1 heterocycles. The maximum atomic E-state index is 11.4. The standard InChI is InChI=1S/C13H11ClN2O2/c1-18-13(17)12-11(15)6-9(7-16-12)8-3-2-4-10(14)5-8/h2-7H,15H2,1H3. The van der Waals surface area contributed by atoms with Gasteiger partial charge in [-0.2, -0.15) is 0 Å². The van der Waals surface area contributed by atoms with Gasteiger partial charge >= 0.3 is 5.97 Å². The summed E-state index contributed by atoms with van der Waals surface area (Å²) in [7, 11) is 1.29. The quantitative estimate of drug-likeness (QED) is 0.845. The van der Waals surface area contributed by atoms with E-state index < -0.39 is 5.97 Å². The molecule has 92 valence electrons. The summed E-state index contributed by atoms with van der Waals surface area (Å²) in [5, 5.41) is 0.628. The zero-order valence-corrected chi connectivity index (χ0v) is 10.4. The lowest BCUT2D eigenvalue weighted by Gasteiger charge is -2.06. The van der Waals surface area contributed by atoms with Crippen LogP contribution in [0.1, 0.15) is 10.5 Å². The van der Waals surface area contributed by atoms with E-state index in [1.807, 2.05) is 12.1 Å². The largest absolute Gasteiger partial charge is 0.464 e. The van der Waals surface area contributed by atoms with Crippen molar-refractivity contribution in [3.05, 3.63) is 47.2 Å². The summed E-state index contributed by atoms with van der Waals surface area (Å²) < 4.78 is 4.58. The Morgan fingerprint density at radius 2 is 2.11 bits per heavy atom. The molecule has 0 fully saturated rings. The molecule has 0 radical (unpaired) electrons. The molecule has 2 N–H and O–H groups in total. The zero-order chi connectivity index (χ0) is 13.1. The SMILES string of the molecule is COC(=O)c1ncc(-c2cccc(Cl)c2)cc1N. The molecule has 0 amide bonds. The van der Waals surface area contributed by atoms with Gasteiger partial charge in [-0.05, 0) is 23.8 Å². The Morgan fingerprint density at radius 1 is 1.33 bits per heavy atom. The molecule has 4 nitrogen and oxygen atoms in total. The third-order valence-corrected chi connectivity index (χ3v) is 2.69. The highest BCUT2D eigenvalue weighted by atomic mass is 35.5. The summed E-state index contributed by atoms with van der Waals surface area (Å²) in [4.78, 5) is 15.4. The molecule has 0 spiro atoms. The molecule has 18 heavy (non-hydrogen) atoms. The fourth-order valence-corrected chi connectivity index (χ4v) is 1.77. The van der Waals surface area contributed by atoms with E-state index in [9.17, 15) is 4.79 Å². The Hall–Kier alpha value is -2.07. The van der Waals surface area contributed by atoms with Crippen molar-refractivity contribution < 1.29 is 9.53 Å². The average molecular weight is 263 g/mol. The number of aromatic nitrogens is 1. The van der Waals surface area contributed by atoms with Gasteiger partial charge in [0, 0.05) is 16.8 Å². The molecular formula is C13H11ClN2O2. The van der Waals surface area contributed by atoms with Gasteiger partial charge in [0.05, 0.1) is 12.8 Å². The average Bonchev–Trinajstić information content (AvgIpc) is 2.37.